The molecule has 0 radical (unpaired) electrons. The van der Waals surface area contributed by atoms with E-state index in [-0.39, 0.29) is 5.75 Å². The van der Waals surface area contributed by atoms with E-state index in [1.807, 2.05) is 0 Å². The summed E-state index contributed by atoms with van der Waals surface area (Å²) in [7, 11) is 0. The van der Waals surface area contributed by atoms with Crippen molar-refractivity contribution < 1.29 is 9.50 Å². The standard InChI is InChI=1S/C11H11FO/c12-10-7-3-6-9(11(10)13)8-4-1-2-5-8/h3-4,6-7,13H,1-2,5H2. The normalized spacial score (nSPS) is 15.9. The maximum atomic E-state index is 13.0. The zero-order valence-electron chi connectivity index (χ0n) is 7.26. The van der Waals surface area contributed by atoms with Gasteiger partial charge in [-0.2, -0.15) is 0 Å². The number of hydrogen-bond acceptors (Lipinski definition) is 1. The molecule has 1 aromatic carbocycles. The summed E-state index contributed by atoms with van der Waals surface area (Å²) in [6.45, 7) is 0. The minimum atomic E-state index is -0.537. The van der Waals surface area contributed by atoms with Crippen molar-refractivity contribution in [1.29, 1.82) is 0 Å². The van der Waals surface area contributed by atoms with Gasteiger partial charge in [0.1, 0.15) is 0 Å². The van der Waals surface area contributed by atoms with Gasteiger partial charge in [0, 0.05) is 5.56 Å². The molecule has 0 aromatic heterocycles. The molecule has 0 amide bonds. The highest BCUT2D eigenvalue weighted by atomic mass is 19.1. The molecule has 0 spiro atoms. The van der Waals surface area contributed by atoms with Crippen molar-refractivity contribution in [3.63, 3.8) is 0 Å². The highest BCUT2D eigenvalue weighted by Gasteiger charge is 2.13. The molecule has 0 heterocycles. The maximum Gasteiger partial charge on any atom is 0.165 e. The van der Waals surface area contributed by atoms with Crippen LogP contribution in [0.4, 0.5) is 4.39 Å². The van der Waals surface area contributed by atoms with E-state index in [1.54, 1.807) is 12.1 Å². The Morgan fingerprint density at radius 2 is 2.15 bits per heavy atom. The predicted octanol–water partition coefficient (Wildman–Crippen LogP) is 3.10. The zero-order valence-corrected chi connectivity index (χ0v) is 7.26. The van der Waals surface area contributed by atoms with E-state index in [0.29, 0.717) is 5.56 Å². The SMILES string of the molecule is Oc1c(F)cccc1C1=CCCC1. The second-order valence-electron chi connectivity index (χ2n) is 3.26. The first-order valence-corrected chi connectivity index (χ1v) is 4.46. The highest BCUT2D eigenvalue weighted by Crippen LogP contribution is 2.34. The van der Waals surface area contributed by atoms with Gasteiger partial charge < -0.3 is 5.11 Å². The minimum absolute atomic E-state index is 0.212. The Labute approximate surface area is 76.5 Å². The summed E-state index contributed by atoms with van der Waals surface area (Å²) in [4.78, 5) is 0. The lowest BCUT2D eigenvalue weighted by atomic mass is 10.0. The Hall–Kier alpha value is -1.31. The Bertz CT molecular complexity index is 355. The number of rotatable bonds is 1. The first kappa shape index (κ1) is 8.30. The summed E-state index contributed by atoms with van der Waals surface area (Å²) < 4.78 is 13.0. The summed E-state index contributed by atoms with van der Waals surface area (Å²) >= 11 is 0. The third kappa shape index (κ3) is 1.44. The highest BCUT2D eigenvalue weighted by molar-refractivity contribution is 5.71. The molecule has 1 N–H and O–H groups in total. The fraction of sp³-hybridized carbons (Fsp3) is 0.273. The van der Waals surface area contributed by atoms with Crippen molar-refractivity contribution in [3.8, 4) is 5.75 Å². The van der Waals surface area contributed by atoms with Gasteiger partial charge in [0.05, 0.1) is 0 Å². The quantitative estimate of drug-likeness (QED) is 0.700. The maximum absolute atomic E-state index is 13.0. The van der Waals surface area contributed by atoms with Crippen molar-refractivity contribution in [2.24, 2.45) is 0 Å². The molecule has 68 valence electrons. The monoisotopic (exact) mass is 178 g/mol. The van der Waals surface area contributed by atoms with Crippen LogP contribution in [-0.4, -0.2) is 5.11 Å². The molecular formula is C11H11FO. The van der Waals surface area contributed by atoms with Gasteiger partial charge in [-0.1, -0.05) is 18.2 Å². The molecule has 0 unspecified atom stereocenters. The van der Waals surface area contributed by atoms with Crippen molar-refractivity contribution in [2.45, 2.75) is 19.3 Å². The van der Waals surface area contributed by atoms with Gasteiger partial charge in [-0.25, -0.2) is 4.39 Å². The first-order chi connectivity index (χ1) is 6.29. The number of phenolic OH excluding ortho intramolecular Hbond substituents is 1. The lowest BCUT2D eigenvalue weighted by Gasteiger charge is -2.05. The zero-order chi connectivity index (χ0) is 9.26. The third-order valence-corrected chi connectivity index (χ3v) is 2.37. The van der Waals surface area contributed by atoms with Crippen LogP contribution in [0, 0.1) is 5.82 Å². The van der Waals surface area contributed by atoms with Gasteiger partial charge >= 0.3 is 0 Å². The number of allylic oxidation sites excluding steroid dienone is 2. The summed E-state index contributed by atoms with van der Waals surface area (Å²) in [5.74, 6) is -0.749. The Kier molecular flexibility index (Phi) is 2.05. The molecule has 1 aromatic rings. The summed E-state index contributed by atoms with van der Waals surface area (Å²) in [6, 6.07) is 4.66. The van der Waals surface area contributed by atoms with Crippen molar-refractivity contribution in [2.75, 3.05) is 0 Å². The molecule has 1 aliphatic carbocycles. The van der Waals surface area contributed by atoms with Gasteiger partial charge in [0.25, 0.3) is 0 Å². The largest absolute Gasteiger partial charge is 0.504 e. The van der Waals surface area contributed by atoms with Crippen LogP contribution in [0.5, 0.6) is 5.75 Å². The lowest BCUT2D eigenvalue weighted by Crippen LogP contribution is -1.85. The van der Waals surface area contributed by atoms with Crippen LogP contribution in [0.25, 0.3) is 5.57 Å². The Morgan fingerprint density at radius 3 is 2.85 bits per heavy atom. The molecule has 0 fully saturated rings. The molecule has 0 aliphatic heterocycles. The van der Waals surface area contributed by atoms with E-state index in [9.17, 15) is 9.50 Å². The minimum Gasteiger partial charge on any atom is -0.504 e. The molecule has 0 atom stereocenters. The number of aromatic hydroxyl groups is 1. The third-order valence-electron chi connectivity index (χ3n) is 2.37. The predicted molar refractivity (Wildman–Crippen MR) is 49.9 cm³/mol. The van der Waals surface area contributed by atoms with Gasteiger partial charge in [-0.3, -0.25) is 0 Å². The number of benzene rings is 1. The van der Waals surface area contributed by atoms with Crippen LogP contribution in [0.3, 0.4) is 0 Å². The smallest absolute Gasteiger partial charge is 0.165 e. The van der Waals surface area contributed by atoms with E-state index in [1.165, 1.54) is 6.07 Å². The summed E-state index contributed by atoms with van der Waals surface area (Å²) in [5.41, 5.74) is 1.72. The average molecular weight is 178 g/mol. The molecule has 0 saturated heterocycles. The van der Waals surface area contributed by atoms with E-state index in [4.69, 9.17) is 0 Å². The average Bonchev–Trinajstić information content (AvgIpc) is 2.62. The summed E-state index contributed by atoms with van der Waals surface area (Å²) in [6.07, 6.45) is 5.14. The second kappa shape index (κ2) is 3.21. The van der Waals surface area contributed by atoms with Crippen LogP contribution in [0.1, 0.15) is 24.8 Å². The molecule has 2 rings (SSSR count). The molecule has 2 heteroatoms. The van der Waals surface area contributed by atoms with Crippen LogP contribution in [0.15, 0.2) is 24.3 Å². The number of para-hydroxylation sites is 1. The van der Waals surface area contributed by atoms with Gasteiger partial charge in [0.15, 0.2) is 11.6 Å². The van der Waals surface area contributed by atoms with E-state index in [2.05, 4.69) is 6.08 Å². The van der Waals surface area contributed by atoms with E-state index < -0.39 is 5.82 Å². The molecule has 0 saturated carbocycles. The Balaban J connectivity index is 2.45. The molecule has 1 aliphatic rings. The van der Waals surface area contributed by atoms with E-state index in [0.717, 1.165) is 24.8 Å². The number of hydrogen-bond donors (Lipinski definition) is 1. The van der Waals surface area contributed by atoms with Crippen LogP contribution >= 0.6 is 0 Å². The van der Waals surface area contributed by atoms with E-state index >= 15 is 0 Å². The lowest BCUT2D eigenvalue weighted by molar-refractivity contribution is 0.430. The topological polar surface area (TPSA) is 20.2 Å². The van der Waals surface area contributed by atoms with Crippen LogP contribution in [0.2, 0.25) is 0 Å². The van der Waals surface area contributed by atoms with Crippen LogP contribution in [-0.2, 0) is 0 Å². The molecule has 0 bridgehead atoms. The van der Waals surface area contributed by atoms with Crippen molar-refractivity contribution >= 4 is 5.57 Å². The van der Waals surface area contributed by atoms with Crippen molar-refractivity contribution in [3.05, 3.63) is 35.7 Å². The number of halogens is 1. The second-order valence-corrected chi connectivity index (χ2v) is 3.26. The molecule has 13 heavy (non-hydrogen) atoms. The fourth-order valence-corrected chi connectivity index (χ4v) is 1.69. The van der Waals surface area contributed by atoms with Gasteiger partial charge in [-0.15, -0.1) is 0 Å². The first-order valence-electron chi connectivity index (χ1n) is 4.46. The molecule has 1 nitrogen and oxygen atoms in total. The molecular weight excluding hydrogens is 167 g/mol. The fourth-order valence-electron chi connectivity index (χ4n) is 1.69. The van der Waals surface area contributed by atoms with Gasteiger partial charge in [-0.05, 0) is 30.9 Å². The van der Waals surface area contributed by atoms with Crippen molar-refractivity contribution in [1.82, 2.24) is 0 Å². The van der Waals surface area contributed by atoms with Gasteiger partial charge in [0.2, 0.25) is 0 Å². The Morgan fingerprint density at radius 1 is 1.31 bits per heavy atom. The van der Waals surface area contributed by atoms with Crippen LogP contribution < -0.4 is 0 Å². The number of phenols is 1. The summed E-state index contributed by atoms with van der Waals surface area (Å²) in [5, 5.41) is 9.44.